The van der Waals surface area contributed by atoms with E-state index in [4.69, 9.17) is 4.74 Å². The predicted molar refractivity (Wildman–Crippen MR) is 74.3 cm³/mol. The molecule has 2 nitrogen and oxygen atoms in total. The fourth-order valence-corrected chi connectivity index (χ4v) is 2.20. The van der Waals surface area contributed by atoms with Gasteiger partial charge < -0.3 is 10.1 Å². The number of piperidine rings is 1. The van der Waals surface area contributed by atoms with Crippen molar-refractivity contribution in [2.45, 2.75) is 19.3 Å². The Hall–Kier alpha value is -1.30. The van der Waals surface area contributed by atoms with Crippen molar-refractivity contribution in [3.05, 3.63) is 35.9 Å². The fourth-order valence-electron chi connectivity index (χ4n) is 2.20. The molecule has 0 aromatic heterocycles. The molecule has 1 unspecified atom stereocenters. The van der Waals surface area contributed by atoms with E-state index in [2.05, 4.69) is 17.2 Å². The SMILES string of the molecule is C(#Cc1ccccc1)COCCC1CCCNC1. The molecule has 1 atom stereocenters. The van der Waals surface area contributed by atoms with Crippen LogP contribution in [0.2, 0.25) is 0 Å². The first-order valence-electron chi connectivity index (χ1n) is 6.77. The molecular formula is C16H21NO. The van der Waals surface area contributed by atoms with Gasteiger partial charge in [-0.05, 0) is 50.4 Å². The topological polar surface area (TPSA) is 21.3 Å². The van der Waals surface area contributed by atoms with Gasteiger partial charge in [0.05, 0.1) is 0 Å². The van der Waals surface area contributed by atoms with Crippen LogP contribution in [-0.2, 0) is 4.74 Å². The minimum Gasteiger partial charge on any atom is -0.369 e. The van der Waals surface area contributed by atoms with Crippen LogP contribution in [-0.4, -0.2) is 26.3 Å². The molecule has 1 aromatic rings. The molecule has 1 aliphatic heterocycles. The summed E-state index contributed by atoms with van der Waals surface area (Å²) in [6.45, 7) is 3.70. The van der Waals surface area contributed by atoms with E-state index in [0.29, 0.717) is 6.61 Å². The van der Waals surface area contributed by atoms with E-state index in [1.807, 2.05) is 30.3 Å². The van der Waals surface area contributed by atoms with Gasteiger partial charge in [-0.25, -0.2) is 0 Å². The maximum atomic E-state index is 5.56. The Bertz CT molecular complexity index is 385. The number of rotatable bonds is 4. The Balaban J connectivity index is 1.57. The number of benzene rings is 1. The van der Waals surface area contributed by atoms with Crippen molar-refractivity contribution < 1.29 is 4.74 Å². The summed E-state index contributed by atoms with van der Waals surface area (Å²) in [7, 11) is 0. The highest BCUT2D eigenvalue weighted by atomic mass is 16.5. The average molecular weight is 243 g/mol. The standard InChI is InChI=1S/C16H21NO/c1-2-6-15(7-3-1)9-5-12-18-13-10-16-8-4-11-17-14-16/h1-3,6-7,16-17H,4,8,10-14H2. The first kappa shape index (κ1) is 13.1. The van der Waals surface area contributed by atoms with E-state index in [9.17, 15) is 0 Å². The van der Waals surface area contributed by atoms with Gasteiger partial charge in [0.15, 0.2) is 0 Å². The van der Waals surface area contributed by atoms with E-state index in [-0.39, 0.29) is 0 Å². The van der Waals surface area contributed by atoms with E-state index in [1.54, 1.807) is 0 Å². The summed E-state index contributed by atoms with van der Waals surface area (Å²) in [6.07, 6.45) is 3.80. The summed E-state index contributed by atoms with van der Waals surface area (Å²) < 4.78 is 5.56. The van der Waals surface area contributed by atoms with Crippen LogP contribution in [0.3, 0.4) is 0 Å². The van der Waals surface area contributed by atoms with Crippen molar-refractivity contribution in [3.63, 3.8) is 0 Å². The van der Waals surface area contributed by atoms with Crippen molar-refractivity contribution in [1.82, 2.24) is 5.32 Å². The van der Waals surface area contributed by atoms with E-state index in [1.165, 1.54) is 19.4 Å². The zero-order chi connectivity index (χ0) is 12.5. The van der Waals surface area contributed by atoms with Crippen molar-refractivity contribution in [3.8, 4) is 11.8 Å². The maximum absolute atomic E-state index is 5.56. The van der Waals surface area contributed by atoms with Crippen molar-refractivity contribution in [2.75, 3.05) is 26.3 Å². The molecule has 1 saturated heterocycles. The molecule has 1 aromatic carbocycles. The molecule has 0 saturated carbocycles. The van der Waals surface area contributed by atoms with E-state index >= 15 is 0 Å². The highest BCUT2D eigenvalue weighted by Gasteiger charge is 2.11. The highest BCUT2D eigenvalue weighted by Crippen LogP contribution is 2.13. The first-order chi connectivity index (χ1) is 8.95. The minimum atomic E-state index is 0.537. The monoisotopic (exact) mass is 243 g/mol. The second-order valence-corrected chi connectivity index (χ2v) is 4.72. The van der Waals surface area contributed by atoms with Crippen LogP contribution in [0.1, 0.15) is 24.8 Å². The van der Waals surface area contributed by atoms with Crippen molar-refractivity contribution in [2.24, 2.45) is 5.92 Å². The van der Waals surface area contributed by atoms with E-state index < -0.39 is 0 Å². The molecule has 0 aliphatic carbocycles. The lowest BCUT2D eigenvalue weighted by Crippen LogP contribution is -2.30. The average Bonchev–Trinajstić information content (AvgIpc) is 2.45. The molecule has 1 aliphatic rings. The Kier molecular flexibility index (Phi) is 5.78. The molecule has 2 rings (SSSR count). The van der Waals surface area contributed by atoms with Crippen LogP contribution >= 0.6 is 0 Å². The Morgan fingerprint density at radius 1 is 1.28 bits per heavy atom. The first-order valence-corrected chi connectivity index (χ1v) is 6.77. The molecule has 0 bridgehead atoms. The van der Waals surface area contributed by atoms with Crippen molar-refractivity contribution >= 4 is 0 Å². The summed E-state index contributed by atoms with van der Waals surface area (Å²) in [4.78, 5) is 0. The Labute approximate surface area is 110 Å². The number of ether oxygens (including phenoxy) is 1. The fraction of sp³-hybridized carbons (Fsp3) is 0.500. The van der Waals surface area contributed by atoms with Gasteiger partial charge in [-0.15, -0.1) is 0 Å². The minimum absolute atomic E-state index is 0.537. The molecule has 0 radical (unpaired) electrons. The molecule has 1 N–H and O–H groups in total. The quantitative estimate of drug-likeness (QED) is 0.648. The van der Waals surface area contributed by atoms with Crippen LogP contribution in [0.15, 0.2) is 30.3 Å². The van der Waals surface area contributed by atoms with Gasteiger partial charge in [0.1, 0.15) is 6.61 Å². The number of nitrogens with one attached hydrogen (secondary N) is 1. The zero-order valence-corrected chi connectivity index (χ0v) is 10.8. The molecule has 1 heterocycles. The largest absolute Gasteiger partial charge is 0.369 e. The molecule has 0 spiro atoms. The zero-order valence-electron chi connectivity index (χ0n) is 10.8. The molecular weight excluding hydrogens is 222 g/mol. The highest BCUT2D eigenvalue weighted by molar-refractivity contribution is 5.33. The van der Waals surface area contributed by atoms with Gasteiger partial charge in [-0.1, -0.05) is 30.0 Å². The van der Waals surface area contributed by atoms with Crippen LogP contribution < -0.4 is 5.32 Å². The maximum Gasteiger partial charge on any atom is 0.108 e. The van der Waals surface area contributed by atoms with Gasteiger partial charge >= 0.3 is 0 Å². The third kappa shape index (κ3) is 4.91. The predicted octanol–water partition coefficient (Wildman–Crippen LogP) is 2.44. The van der Waals surface area contributed by atoms with Crippen LogP contribution in [0.25, 0.3) is 0 Å². The summed E-state index contributed by atoms with van der Waals surface area (Å²) in [6, 6.07) is 10.0. The lowest BCUT2D eigenvalue weighted by Gasteiger charge is -2.22. The van der Waals surface area contributed by atoms with Gasteiger partial charge in [-0.3, -0.25) is 0 Å². The Morgan fingerprint density at radius 3 is 2.94 bits per heavy atom. The second kappa shape index (κ2) is 7.92. The van der Waals surface area contributed by atoms with Gasteiger partial charge in [-0.2, -0.15) is 0 Å². The van der Waals surface area contributed by atoms with E-state index in [0.717, 1.165) is 31.1 Å². The third-order valence-corrected chi connectivity index (χ3v) is 3.25. The molecule has 0 amide bonds. The number of hydrogen-bond acceptors (Lipinski definition) is 2. The van der Waals surface area contributed by atoms with Crippen molar-refractivity contribution in [1.29, 1.82) is 0 Å². The Morgan fingerprint density at radius 2 is 2.17 bits per heavy atom. The summed E-state index contributed by atoms with van der Waals surface area (Å²) in [5.74, 6) is 6.94. The van der Waals surface area contributed by atoms with Gasteiger partial charge in [0.25, 0.3) is 0 Å². The summed E-state index contributed by atoms with van der Waals surface area (Å²) in [5.41, 5.74) is 1.05. The lowest BCUT2D eigenvalue weighted by molar-refractivity contribution is 0.143. The molecule has 18 heavy (non-hydrogen) atoms. The number of hydrogen-bond donors (Lipinski definition) is 1. The smallest absolute Gasteiger partial charge is 0.108 e. The van der Waals surface area contributed by atoms with Crippen LogP contribution in [0.4, 0.5) is 0 Å². The van der Waals surface area contributed by atoms with Crippen LogP contribution in [0.5, 0.6) is 0 Å². The third-order valence-electron chi connectivity index (χ3n) is 3.25. The van der Waals surface area contributed by atoms with Gasteiger partial charge in [0, 0.05) is 12.2 Å². The molecule has 96 valence electrons. The summed E-state index contributed by atoms with van der Waals surface area (Å²) in [5, 5.41) is 3.42. The normalized spacial score (nSPS) is 19.0. The summed E-state index contributed by atoms with van der Waals surface area (Å²) >= 11 is 0. The molecule has 2 heteroatoms. The molecule has 1 fully saturated rings. The second-order valence-electron chi connectivity index (χ2n) is 4.72. The van der Waals surface area contributed by atoms with Crippen LogP contribution in [0, 0.1) is 17.8 Å². The lowest BCUT2D eigenvalue weighted by atomic mass is 9.97. The van der Waals surface area contributed by atoms with Gasteiger partial charge in [0.2, 0.25) is 0 Å².